The van der Waals surface area contributed by atoms with Crippen molar-refractivity contribution in [3.8, 4) is 0 Å². The van der Waals surface area contributed by atoms with Crippen molar-refractivity contribution in [2.45, 2.75) is 44.3 Å². The third-order valence-electron chi connectivity index (χ3n) is 4.13. The zero-order valence-electron chi connectivity index (χ0n) is 7.63. The minimum Gasteiger partial charge on any atom is -0.357 e. The van der Waals surface area contributed by atoms with Gasteiger partial charge in [-0.2, -0.15) is 0 Å². The Kier molecular flexibility index (Phi) is 1.11. The summed E-state index contributed by atoms with van der Waals surface area (Å²) in [5, 5.41) is 0. The summed E-state index contributed by atoms with van der Waals surface area (Å²) < 4.78 is 5.50. The summed E-state index contributed by atoms with van der Waals surface area (Å²) in [7, 11) is 0. The van der Waals surface area contributed by atoms with Gasteiger partial charge in [0.2, 0.25) is 0 Å². The number of hydrogen-bond acceptors (Lipinski definition) is 3. The predicted molar refractivity (Wildman–Crippen MR) is 44.2 cm³/mol. The standard InChI is InChI=1S/C10H12O3/c1-9-4-2-6(11)8-10(9,13-8)5-3-7(9)12/h8H,2-5H2,1H3/t8-,9-,10-/m1/s1. The van der Waals surface area contributed by atoms with E-state index in [-0.39, 0.29) is 22.9 Å². The maximum absolute atomic E-state index is 11.7. The molecule has 0 amide bonds. The van der Waals surface area contributed by atoms with Gasteiger partial charge in [-0.3, -0.25) is 9.59 Å². The summed E-state index contributed by atoms with van der Waals surface area (Å²) in [6.45, 7) is 1.97. The zero-order valence-corrected chi connectivity index (χ0v) is 7.63. The van der Waals surface area contributed by atoms with Crippen molar-refractivity contribution in [1.82, 2.24) is 0 Å². The fourth-order valence-corrected chi connectivity index (χ4v) is 3.05. The highest BCUT2D eigenvalue weighted by molar-refractivity contribution is 5.97. The van der Waals surface area contributed by atoms with Crippen molar-refractivity contribution in [1.29, 1.82) is 0 Å². The molecular formula is C10H12O3. The van der Waals surface area contributed by atoms with E-state index in [1.54, 1.807) is 0 Å². The molecular weight excluding hydrogens is 168 g/mol. The van der Waals surface area contributed by atoms with E-state index in [9.17, 15) is 9.59 Å². The van der Waals surface area contributed by atoms with E-state index < -0.39 is 0 Å². The van der Waals surface area contributed by atoms with Gasteiger partial charge in [0, 0.05) is 12.8 Å². The van der Waals surface area contributed by atoms with Crippen LogP contribution in [0.3, 0.4) is 0 Å². The van der Waals surface area contributed by atoms with Crippen molar-refractivity contribution in [3.05, 3.63) is 0 Å². The molecule has 0 bridgehead atoms. The summed E-state index contributed by atoms with van der Waals surface area (Å²) in [5.41, 5.74) is -0.703. The maximum Gasteiger partial charge on any atom is 0.164 e. The molecule has 3 heteroatoms. The Balaban J connectivity index is 2.07. The first kappa shape index (κ1) is 7.68. The Bertz CT molecular complexity index is 322. The molecule has 0 aromatic heterocycles. The highest BCUT2D eigenvalue weighted by atomic mass is 16.6. The number of hydrogen-bond donors (Lipinski definition) is 0. The van der Waals surface area contributed by atoms with E-state index in [1.165, 1.54) is 0 Å². The van der Waals surface area contributed by atoms with Gasteiger partial charge >= 0.3 is 0 Å². The fourth-order valence-electron chi connectivity index (χ4n) is 3.05. The van der Waals surface area contributed by atoms with E-state index in [2.05, 4.69) is 0 Å². The Morgan fingerprint density at radius 3 is 2.85 bits per heavy atom. The molecule has 70 valence electrons. The van der Waals surface area contributed by atoms with Crippen molar-refractivity contribution in [2.24, 2.45) is 5.41 Å². The van der Waals surface area contributed by atoms with Crippen LogP contribution in [0.15, 0.2) is 0 Å². The van der Waals surface area contributed by atoms with Crippen LogP contribution >= 0.6 is 0 Å². The number of ether oxygens (including phenoxy) is 1. The number of epoxide rings is 1. The third-order valence-corrected chi connectivity index (χ3v) is 4.13. The van der Waals surface area contributed by atoms with E-state index in [1.807, 2.05) is 6.92 Å². The second-order valence-corrected chi connectivity index (χ2v) is 4.61. The summed E-state index contributed by atoms with van der Waals surface area (Å²) in [5.74, 6) is 0.495. The highest BCUT2D eigenvalue weighted by Gasteiger charge is 2.76. The first-order valence-corrected chi connectivity index (χ1v) is 4.84. The number of rotatable bonds is 0. The molecule has 3 atom stereocenters. The summed E-state index contributed by atoms with van der Waals surface area (Å²) >= 11 is 0. The second kappa shape index (κ2) is 1.87. The van der Waals surface area contributed by atoms with Gasteiger partial charge in [-0.25, -0.2) is 0 Å². The minimum absolute atomic E-state index is 0.201. The smallest absolute Gasteiger partial charge is 0.164 e. The van der Waals surface area contributed by atoms with Crippen LogP contribution in [-0.4, -0.2) is 23.3 Å². The van der Waals surface area contributed by atoms with Gasteiger partial charge in [0.05, 0.1) is 5.41 Å². The van der Waals surface area contributed by atoms with Gasteiger partial charge in [0.1, 0.15) is 17.5 Å². The van der Waals surface area contributed by atoms with Crippen molar-refractivity contribution < 1.29 is 14.3 Å². The Morgan fingerprint density at radius 1 is 1.31 bits per heavy atom. The topological polar surface area (TPSA) is 46.7 Å². The molecule has 1 aliphatic heterocycles. The Labute approximate surface area is 76.4 Å². The monoisotopic (exact) mass is 180 g/mol. The SMILES string of the molecule is C[C@]12CCC(=O)[C@H]3O[C@]31CCC2=O. The molecule has 3 fully saturated rings. The lowest BCUT2D eigenvalue weighted by Gasteiger charge is -2.30. The molecule has 0 radical (unpaired) electrons. The van der Waals surface area contributed by atoms with Gasteiger partial charge in [-0.15, -0.1) is 0 Å². The summed E-state index contributed by atoms with van der Waals surface area (Å²) in [6.07, 6.45) is 2.34. The average molecular weight is 180 g/mol. The largest absolute Gasteiger partial charge is 0.357 e. The van der Waals surface area contributed by atoms with Crippen LogP contribution in [-0.2, 0) is 14.3 Å². The second-order valence-electron chi connectivity index (χ2n) is 4.61. The van der Waals surface area contributed by atoms with E-state index in [0.717, 1.165) is 6.42 Å². The third kappa shape index (κ3) is 0.633. The van der Waals surface area contributed by atoms with E-state index >= 15 is 0 Å². The molecule has 13 heavy (non-hydrogen) atoms. The maximum atomic E-state index is 11.7. The molecule has 3 nitrogen and oxygen atoms in total. The first-order valence-electron chi connectivity index (χ1n) is 4.84. The summed E-state index contributed by atoms with van der Waals surface area (Å²) in [4.78, 5) is 23.1. The Hall–Kier alpha value is -0.700. The van der Waals surface area contributed by atoms with Crippen molar-refractivity contribution >= 4 is 11.6 Å². The van der Waals surface area contributed by atoms with Crippen LogP contribution in [0.5, 0.6) is 0 Å². The molecule has 0 aromatic rings. The zero-order chi connectivity index (χ0) is 9.27. The van der Waals surface area contributed by atoms with Gasteiger partial charge in [0.15, 0.2) is 5.78 Å². The fraction of sp³-hybridized carbons (Fsp3) is 0.800. The van der Waals surface area contributed by atoms with Gasteiger partial charge in [-0.1, -0.05) is 0 Å². The molecule has 0 unspecified atom stereocenters. The lowest BCUT2D eigenvalue weighted by Crippen LogP contribution is -2.43. The molecule has 3 rings (SSSR count). The average Bonchev–Trinajstić information content (AvgIpc) is 2.80. The number of carbonyl (C=O) groups is 2. The lowest BCUT2D eigenvalue weighted by atomic mass is 9.68. The van der Waals surface area contributed by atoms with E-state index in [4.69, 9.17) is 4.74 Å². The molecule has 2 saturated carbocycles. The van der Waals surface area contributed by atoms with Crippen LogP contribution in [0.1, 0.15) is 32.6 Å². The molecule has 3 aliphatic rings. The van der Waals surface area contributed by atoms with Crippen molar-refractivity contribution in [2.75, 3.05) is 0 Å². The molecule has 1 saturated heterocycles. The first-order chi connectivity index (χ1) is 6.10. The molecule has 1 spiro atoms. The number of ketones is 2. The van der Waals surface area contributed by atoms with Gasteiger partial charge in [-0.05, 0) is 19.8 Å². The van der Waals surface area contributed by atoms with E-state index in [0.29, 0.717) is 25.0 Å². The van der Waals surface area contributed by atoms with Crippen LogP contribution in [0, 0.1) is 5.41 Å². The number of carbonyl (C=O) groups excluding carboxylic acids is 2. The predicted octanol–water partition coefficient (Wildman–Crippen LogP) is 0.856. The van der Waals surface area contributed by atoms with Gasteiger partial charge < -0.3 is 4.74 Å². The highest BCUT2D eigenvalue weighted by Crippen LogP contribution is 2.63. The molecule has 2 aliphatic carbocycles. The lowest BCUT2D eigenvalue weighted by molar-refractivity contribution is -0.129. The minimum atomic E-state index is -0.362. The Morgan fingerprint density at radius 2 is 2.08 bits per heavy atom. The molecule has 1 heterocycles. The summed E-state index contributed by atoms with van der Waals surface area (Å²) in [6, 6.07) is 0. The quantitative estimate of drug-likeness (QED) is 0.519. The normalized spacial score (nSPS) is 53.2. The van der Waals surface area contributed by atoms with Gasteiger partial charge in [0.25, 0.3) is 0 Å². The van der Waals surface area contributed by atoms with Crippen LogP contribution in [0.4, 0.5) is 0 Å². The van der Waals surface area contributed by atoms with Crippen molar-refractivity contribution in [3.63, 3.8) is 0 Å². The van der Waals surface area contributed by atoms with Crippen LogP contribution < -0.4 is 0 Å². The van der Waals surface area contributed by atoms with Crippen LogP contribution in [0.2, 0.25) is 0 Å². The van der Waals surface area contributed by atoms with Crippen LogP contribution in [0.25, 0.3) is 0 Å². The number of Topliss-reactive ketones (excluding diaryl/α,β-unsaturated/α-hetero) is 2. The molecule has 0 N–H and O–H groups in total. The molecule has 0 aromatic carbocycles.